The highest BCUT2D eigenvalue weighted by Gasteiger charge is 2.76. The van der Waals surface area contributed by atoms with Crippen LogP contribution in [0.15, 0.2) is 0 Å². The molecule has 0 radical (unpaired) electrons. The number of carbonyl (C=O) groups excluding carboxylic acids is 2. The average Bonchev–Trinajstić information content (AvgIpc) is 3.20. The monoisotopic (exact) mass is 314 g/mol. The maximum Gasteiger partial charge on any atom is 0.136 e. The predicted octanol–water partition coefficient (Wildman–Crippen LogP) is 4.41. The molecule has 0 spiro atoms. The maximum atomic E-state index is 12.5. The van der Waals surface area contributed by atoms with Crippen LogP contribution >= 0.6 is 0 Å². The number of Topliss-reactive ketones (excluding diaryl/α,β-unsaturated/α-hetero) is 2. The smallest absolute Gasteiger partial charge is 0.136 e. The molecule has 23 heavy (non-hydrogen) atoms. The Morgan fingerprint density at radius 1 is 1.09 bits per heavy atom. The zero-order valence-corrected chi connectivity index (χ0v) is 14.6. The van der Waals surface area contributed by atoms with Crippen LogP contribution in [0.25, 0.3) is 0 Å². The first-order chi connectivity index (χ1) is 11.0. The first-order valence-electron chi connectivity index (χ1n) is 10.00. The van der Waals surface area contributed by atoms with Crippen molar-refractivity contribution in [2.45, 2.75) is 71.6 Å². The lowest BCUT2D eigenvalue weighted by Gasteiger charge is -2.56. The second-order valence-electron chi connectivity index (χ2n) is 9.84. The van der Waals surface area contributed by atoms with Gasteiger partial charge in [-0.15, -0.1) is 0 Å². The van der Waals surface area contributed by atoms with Gasteiger partial charge in [0.15, 0.2) is 0 Å². The van der Waals surface area contributed by atoms with E-state index in [-0.39, 0.29) is 5.41 Å². The summed E-state index contributed by atoms with van der Waals surface area (Å²) in [5.41, 5.74) is 0.365. The van der Waals surface area contributed by atoms with Crippen LogP contribution in [0.2, 0.25) is 0 Å². The second kappa shape index (κ2) is 4.49. The zero-order chi connectivity index (χ0) is 16.0. The standard InChI is InChI=1S/C21H30O2/c1-12(22)21-11-14(21)10-19-18-5-3-13-9-15(23)4-6-16(13)17(18)7-8-20(19,21)2/h13-14,16-19H,3-11H2,1-2H3/t13-,14?,16-,17+,18+,19-,20-,21-/m0/s1. The lowest BCUT2D eigenvalue weighted by atomic mass is 9.48. The Balaban J connectivity index is 1.44. The van der Waals surface area contributed by atoms with Gasteiger partial charge in [-0.05, 0) is 92.8 Å². The molecule has 0 heterocycles. The van der Waals surface area contributed by atoms with Gasteiger partial charge in [0, 0.05) is 18.3 Å². The Kier molecular flexibility index (Phi) is 2.86. The SMILES string of the molecule is CC(=O)[C@@]12CC1C[C@H]1[C@@H]3CC[C@H]4CC(=O)CC[C@@H]4[C@H]3CC[C@@]12C. The van der Waals surface area contributed by atoms with Crippen LogP contribution in [0.3, 0.4) is 0 Å². The molecule has 5 rings (SSSR count). The first kappa shape index (κ1) is 14.7. The van der Waals surface area contributed by atoms with Gasteiger partial charge in [-0.3, -0.25) is 9.59 Å². The lowest BCUT2D eigenvalue weighted by Crippen LogP contribution is -2.51. The highest BCUT2D eigenvalue weighted by Crippen LogP contribution is 2.79. The molecular formula is C21H30O2. The van der Waals surface area contributed by atoms with Crippen molar-refractivity contribution in [3.8, 4) is 0 Å². The molecule has 5 saturated carbocycles. The second-order valence-corrected chi connectivity index (χ2v) is 9.84. The molecule has 5 aliphatic rings. The van der Waals surface area contributed by atoms with Crippen molar-refractivity contribution in [3.05, 3.63) is 0 Å². The minimum Gasteiger partial charge on any atom is -0.300 e. The summed E-state index contributed by atoms with van der Waals surface area (Å²) in [4.78, 5) is 24.3. The Bertz CT molecular complexity index is 580. The zero-order valence-electron chi connectivity index (χ0n) is 14.6. The molecule has 0 amide bonds. The third kappa shape index (κ3) is 1.66. The van der Waals surface area contributed by atoms with E-state index in [1.807, 2.05) is 6.92 Å². The number of rotatable bonds is 1. The number of carbonyl (C=O) groups is 2. The van der Waals surface area contributed by atoms with Crippen molar-refractivity contribution < 1.29 is 9.59 Å². The normalized spacial score (nSPS) is 57.0. The number of hydrogen-bond donors (Lipinski definition) is 0. The van der Waals surface area contributed by atoms with E-state index in [0.29, 0.717) is 28.8 Å². The van der Waals surface area contributed by atoms with E-state index in [9.17, 15) is 9.59 Å². The van der Waals surface area contributed by atoms with Gasteiger partial charge in [0.1, 0.15) is 11.6 Å². The molecule has 1 unspecified atom stereocenters. The van der Waals surface area contributed by atoms with E-state index in [4.69, 9.17) is 0 Å². The van der Waals surface area contributed by atoms with Gasteiger partial charge in [-0.25, -0.2) is 0 Å². The molecule has 0 aromatic heterocycles. The van der Waals surface area contributed by atoms with E-state index < -0.39 is 0 Å². The highest BCUT2D eigenvalue weighted by atomic mass is 16.1. The molecule has 0 aromatic rings. The summed E-state index contributed by atoms with van der Waals surface area (Å²) in [6.07, 6.45) is 10.6. The van der Waals surface area contributed by atoms with Gasteiger partial charge in [-0.2, -0.15) is 0 Å². The summed E-state index contributed by atoms with van der Waals surface area (Å²) in [7, 11) is 0. The quantitative estimate of drug-likeness (QED) is 0.718. The summed E-state index contributed by atoms with van der Waals surface area (Å²) < 4.78 is 0. The van der Waals surface area contributed by atoms with Crippen LogP contribution in [0, 0.1) is 46.3 Å². The van der Waals surface area contributed by atoms with Crippen LogP contribution in [0.4, 0.5) is 0 Å². The number of ketones is 2. The molecule has 2 heteroatoms. The van der Waals surface area contributed by atoms with Crippen LogP contribution in [0.5, 0.6) is 0 Å². The molecule has 5 aliphatic carbocycles. The fourth-order valence-electron chi connectivity index (χ4n) is 8.42. The van der Waals surface area contributed by atoms with Gasteiger partial charge in [0.05, 0.1) is 0 Å². The fourth-order valence-corrected chi connectivity index (χ4v) is 8.42. The molecular weight excluding hydrogens is 284 g/mol. The van der Waals surface area contributed by atoms with E-state index in [0.717, 1.165) is 42.9 Å². The largest absolute Gasteiger partial charge is 0.300 e. The van der Waals surface area contributed by atoms with E-state index in [1.165, 1.54) is 38.5 Å². The Hall–Kier alpha value is -0.660. The minimum absolute atomic E-state index is 0.0714. The van der Waals surface area contributed by atoms with E-state index in [1.54, 1.807) is 0 Å². The van der Waals surface area contributed by atoms with Crippen molar-refractivity contribution in [3.63, 3.8) is 0 Å². The number of fused-ring (bicyclic) bond motifs is 7. The fraction of sp³-hybridized carbons (Fsp3) is 0.905. The first-order valence-corrected chi connectivity index (χ1v) is 10.00. The average molecular weight is 314 g/mol. The van der Waals surface area contributed by atoms with Crippen molar-refractivity contribution in [1.29, 1.82) is 0 Å². The van der Waals surface area contributed by atoms with E-state index in [2.05, 4.69) is 6.92 Å². The van der Waals surface area contributed by atoms with Crippen LogP contribution < -0.4 is 0 Å². The van der Waals surface area contributed by atoms with Crippen molar-refractivity contribution in [1.82, 2.24) is 0 Å². The van der Waals surface area contributed by atoms with Gasteiger partial charge >= 0.3 is 0 Å². The summed E-state index contributed by atoms with van der Waals surface area (Å²) in [5, 5.41) is 0. The molecule has 0 saturated heterocycles. The van der Waals surface area contributed by atoms with Crippen LogP contribution in [-0.4, -0.2) is 11.6 Å². The van der Waals surface area contributed by atoms with Crippen molar-refractivity contribution in [2.75, 3.05) is 0 Å². The minimum atomic E-state index is 0.0714. The van der Waals surface area contributed by atoms with E-state index >= 15 is 0 Å². The van der Waals surface area contributed by atoms with Crippen molar-refractivity contribution in [2.24, 2.45) is 46.3 Å². The predicted molar refractivity (Wildman–Crippen MR) is 88.7 cm³/mol. The summed E-state index contributed by atoms with van der Waals surface area (Å²) >= 11 is 0. The van der Waals surface area contributed by atoms with Crippen LogP contribution in [0.1, 0.15) is 71.6 Å². The highest BCUT2D eigenvalue weighted by molar-refractivity contribution is 5.87. The van der Waals surface area contributed by atoms with Gasteiger partial charge in [0.2, 0.25) is 0 Å². The third-order valence-corrected chi connectivity index (χ3v) is 9.45. The molecule has 8 atom stereocenters. The number of hydrogen-bond acceptors (Lipinski definition) is 2. The van der Waals surface area contributed by atoms with Gasteiger partial charge < -0.3 is 0 Å². The molecule has 0 aromatic carbocycles. The third-order valence-electron chi connectivity index (χ3n) is 9.45. The Labute approximate surface area is 139 Å². The molecule has 0 bridgehead atoms. The molecule has 0 N–H and O–H groups in total. The summed E-state index contributed by atoms with van der Waals surface area (Å²) in [6.45, 7) is 4.34. The summed E-state index contributed by atoms with van der Waals surface area (Å²) in [6, 6.07) is 0. The summed E-state index contributed by atoms with van der Waals surface area (Å²) in [5.74, 6) is 5.74. The topological polar surface area (TPSA) is 34.1 Å². The Morgan fingerprint density at radius 2 is 1.91 bits per heavy atom. The van der Waals surface area contributed by atoms with Crippen LogP contribution in [-0.2, 0) is 9.59 Å². The molecule has 2 nitrogen and oxygen atoms in total. The maximum absolute atomic E-state index is 12.5. The molecule has 0 aliphatic heterocycles. The Morgan fingerprint density at radius 3 is 2.70 bits per heavy atom. The lowest BCUT2D eigenvalue weighted by molar-refractivity contribution is -0.136. The van der Waals surface area contributed by atoms with Gasteiger partial charge in [-0.1, -0.05) is 6.92 Å². The molecule has 126 valence electrons. The molecule has 5 fully saturated rings. The van der Waals surface area contributed by atoms with Crippen molar-refractivity contribution >= 4 is 11.6 Å². The van der Waals surface area contributed by atoms with Gasteiger partial charge in [0.25, 0.3) is 0 Å².